The Morgan fingerprint density at radius 2 is 1.61 bits per heavy atom. The Bertz CT molecular complexity index is 1240. The fourth-order valence-electron chi connectivity index (χ4n) is 3.77. The number of carbonyl (C=O) groups excluding carboxylic acids is 1. The van der Waals surface area contributed by atoms with Gasteiger partial charge in [0, 0.05) is 29.4 Å². The zero-order valence-electron chi connectivity index (χ0n) is 18.0. The SMILES string of the molecule is O=C(CSc1nnc(-c2ccccc2)n1-c1ccccc1)N(Cc1ccccc1F)C1CC1. The van der Waals surface area contributed by atoms with Crippen molar-refractivity contribution < 1.29 is 9.18 Å². The largest absolute Gasteiger partial charge is 0.335 e. The van der Waals surface area contributed by atoms with E-state index < -0.39 is 0 Å². The summed E-state index contributed by atoms with van der Waals surface area (Å²) in [6, 6.07) is 26.6. The van der Waals surface area contributed by atoms with E-state index in [0.717, 1.165) is 29.9 Å². The van der Waals surface area contributed by atoms with Crippen LogP contribution in [0.15, 0.2) is 90.1 Å². The molecule has 0 aliphatic heterocycles. The van der Waals surface area contributed by atoms with Crippen LogP contribution in [0.2, 0.25) is 0 Å². The van der Waals surface area contributed by atoms with Crippen molar-refractivity contribution in [2.45, 2.75) is 30.6 Å². The topological polar surface area (TPSA) is 51.0 Å². The van der Waals surface area contributed by atoms with E-state index in [4.69, 9.17) is 0 Å². The van der Waals surface area contributed by atoms with Crippen LogP contribution in [0, 0.1) is 5.82 Å². The Labute approximate surface area is 196 Å². The monoisotopic (exact) mass is 458 g/mol. The number of benzene rings is 3. The molecule has 1 fully saturated rings. The zero-order valence-corrected chi connectivity index (χ0v) is 18.8. The summed E-state index contributed by atoms with van der Waals surface area (Å²) >= 11 is 1.36. The molecule has 1 aliphatic rings. The lowest BCUT2D eigenvalue weighted by molar-refractivity contribution is -0.129. The predicted octanol–water partition coefficient (Wildman–Crippen LogP) is 5.36. The van der Waals surface area contributed by atoms with E-state index in [-0.39, 0.29) is 30.1 Å². The minimum atomic E-state index is -0.278. The number of aromatic nitrogens is 3. The van der Waals surface area contributed by atoms with Crippen molar-refractivity contribution in [3.05, 3.63) is 96.3 Å². The smallest absolute Gasteiger partial charge is 0.233 e. The Morgan fingerprint density at radius 3 is 2.30 bits per heavy atom. The van der Waals surface area contributed by atoms with Gasteiger partial charge >= 0.3 is 0 Å². The van der Waals surface area contributed by atoms with Gasteiger partial charge in [-0.3, -0.25) is 9.36 Å². The molecule has 1 amide bonds. The van der Waals surface area contributed by atoms with Crippen molar-refractivity contribution in [1.82, 2.24) is 19.7 Å². The van der Waals surface area contributed by atoms with E-state index >= 15 is 0 Å². The Morgan fingerprint density at radius 1 is 0.939 bits per heavy atom. The van der Waals surface area contributed by atoms with Gasteiger partial charge < -0.3 is 4.90 Å². The van der Waals surface area contributed by atoms with Gasteiger partial charge in [0.1, 0.15) is 5.82 Å². The highest BCUT2D eigenvalue weighted by Gasteiger charge is 2.33. The van der Waals surface area contributed by atoms with Crippen LogP contribution >= 0.6 is 11.8 Å². The van der Waals surface area contributed by atoms with Crippen LogP contribution < -0.4 is 0 Å². The van der Waals surface area contributed by atoms with Crippen LogP contribution in [-0.2, 0) is 11.3 Å². The number of rotatable bonds is 8. The summed E-state index contributed by atoms with van der Waals surface area (Å²) in [5, 5.41) is 9.48. The average molecular weight is 459 g/mol. The molecule has 1 aliphatic carbocycles. The molecule has 1 heterocycles. The van der Waals surface area contributed by atoms with Crippen LogP contribution in [0.5, 0.6) is 0 Å². The van der Waals surface area contributed by atoms with Crippen molar-refractivity contribution in [3.8, 4) is 17.1 Å². The number of hydrogen-bond acceptors (Lipinski definition) is 4. The van der Waals surface area contributed by atoms with Gasteiger partial charge in [-0.05, 0) is 31.0 Å². The number of thioether (sulfide) groups is 1. The standard InChI is InChI=1S/C26H23FN4OS/c27-23-14-8-7-11-20(23)17-30(21-15-16-21)24(32)18-33-26-29-28-25(19-9-3-1-4-10-19)31(26)22-12-5-2-6-13-22/h1-14,21H,15-18H2. The molecule has 4 aromatic rings. The molecule has 0 N–H and O–H groups in total. The average Bonchev–Trinajstić information content (AvgIpc) is 3.61. The third-order valence-electron chi connectivity index (χ3n) is 5.61. The first-order valence-corrected chi connectivity index (χ1v) is 11.9. The second kappa shape index (κ2) is 9.58. The first kappa shape index (κ1) is 21.4. The summed E-state index contributed by atoms with van der Waals surface area (Å²) in [6.07, 6.45) is 1.92. The highest BCUT2D eigenvalue weighted by Crippen LogP contribution is 2.31. The van der Waals surface area contributed by atoms with Crippen molar-refractivity contribution in [3.63, 3.8) is 0 Å². The highest BCUT2D eigenvalue weighted by atomic mass is 32.2. The van der Waals surface area contributed by atoms with Gasteiger partial charge in [-0.1, -0.05) is 78.5 Å². The molecule has 1 saturated carbocycles. The first-order chi connectivity index (χ1) is 16.2. The molecule has 5 nitrogen and oxygen atoms in total. The number of amides is 1. The lowest BCUT2D eigenvalue weighted by Crippen LogP contribution is -2.34. The van der Waals surface area contributed by atoms with E-state index in [1.54, 1.807) is 23.1 Å². The molecular formula is C26H23FN4OS. The molecule has 33 heavy (non-hydrogen) atoms. The summed E-state index contributed by atoms with van der Waals surface area (Å²) in [4.78, 5) is 15.0. The lowest BCUT2D eigenvalue weighted by atomic mass is 10.2. The fraction of sp³-hybridized carbons (Fsp3) is 0.192. The molecule has 3 aromatic carbocycles. The maximum Gasteiger partial charge on any atom is 0.233 e. The quantitative estimate of drug-likeness (QED) is 0.334. The summed E-state index contributed by atoms with van der Waals surface area (Å²) < 4.78 is 16.2. The van der Waals surface area contributed by atoms with Gasteiger partial charge in [0.25, 0.3) is 0 Å². The number of carbonyl (C=O) groups is 1. The zero-order chi connectivity index (χ0) is 22.6. The van der Waals surface area contributed by atoms with Gasteiger partial charge in [-0.25, -0.2) is 4.39 Å². The van der Waals surface area contributed by atoms with Crippen LogP contribution in [0.25, 0.3) is 17.1 Å². The number of halogens is 1. The second-order valence-electron chi connectivity index (χ2n) is 7.98. The van der Waals surface area contributed by atoms with Crippen molar-refractivity contribution in [2.75, 3.05) is 5.75 Å². The molecule has 0 radical (unpaired) electrons. The van der Waals surface area contributed by atoms with Crippen LogP contribution in [0.4, 0.5) is 4.39 Å². The third kappa shape index (κ3) is 4.83. The van der Waals surface area contributed by atoms with E-state index in [1.807, 2.05) is 65.2 Å². The van der Waals surface area contributed by atoms with Crippen molar-refractivity contribution in [1.29, 1.82) is 0 Å². The Hall–Kier alpha value is -3.45. The van der Waals surface area contributed by atoms with E-state index in [2.05, 4.69) is 10.2 Å². The van der Waals surface area contributed by atoms with Crippen LogP contribution in [-0.4, -0.2) is 37.4 Å². The van der Waals surface area contributed by atoms with Crippen molar-refractivity contribution >= 4 is 17.7 Å². The Balaban J connectivity index is 1.38. The summed E-state index contributed by atoms with van der Waals surface area (Å²) in [6.45, 7) is 0.289. The molecular weight excluding hydrogens is 435 g/mol. The summed E-state index contributed by atoms with van der Waals surface area (Å²) in [7, 11) is 0. The van der Waals surface area contributed by atoms with Crippen LogP contribution in [0.1, 0.15) is 18.4 Å². The minimum absolute atomic E-state index is 0.0189. The van der Waals surface area contributed by atoms with Gasteiger partial charge in [0.05, 0.1) is 5.75 Å². The molecule has 0 atom stereocenters. The number of nitrogens with zero attached hydrogens (tertiary/aromatic N) is 4. The maximum atomic E-state index is 14.2. The summed E-state index contributed by atoms with van der Waals surface area (Å²) in [5.74, 6) is 0.641. The third-order valence-corrected chi connectivity index (χ3v) is 6.52. The van der Waals surface area contributed by atoms with Gasteiger partial charge in [-0.2, -0.15) is 0 Å². The minimum Gasteiger partial charge on any atom is -0.335 e. The molecule has 166 valence electrons. The van der Waals surface area contributed by atoms with Crippen LogP contribution in [0.3, 0.4) is 0 Å². The maximum absolute atomic E-state index is 14.2. The van der Waals surface area contributed by atoms with Gasteiger partial charge in [0.15, 0.2) is 11.0 Å². The molecule has 7 heteroatoms. The Kier molecular flexibility index (Phi) is 6.21. The predicted molar refractivity (Wildman–Crippen MR) is 127 cm³/mol. The number of para-hydroxylation sites is 1. The second-order valence-corrected chi connectivity index (χ2v) is 8.92. The molecule has 0 saturated heterocycles. The molecule has 0 unspecified atom stereocenters. The summed E-state index contributed by atoms with van der Waals surface area (Å²) in [5.41, 5.74) is 2.43. The number of hydrogen-bond donors (Lipinski definition) is 0. The normalized spacial score (nSPS) is 13.1. The van der Waals surface area contributed by atoms with Gasteiger partial charge in [0.2, 0.25) is 5.91 Å². The van der Waals surface area contributed by atoms with E-state index in [1.165, 1.54) is 17.8 Å². The van der Waals surface area contributed by atoms with Gasteiger partial charge in [-0.15, -0.1) is 10.2 Å². The molecule has 0 bridgehead atoms. The molecule has 5 rings (SSSR count). The van der Waals surface area contributed by atoms with Crippen molar-refractivity contribution in [2.24, 2.45) is 0 Å². The van der Waals surface area contributed by atoms with E-state index in [0.29, 0.717) is 10.7 Å². The lowest BCUT2D eigenvalue weighted by Gasteiger charge is -2.22. The first-order valence-electron chi connectivity index (χ1n) is 10.9. The van der Waals surface area contributed by atoms with E-state index in [9.17, 15) is 9.18 Å². The highest BCUT2D eigenvalue weighted by molar-refractivity contribution is 7.99. The molecule has 0 spiro atoms. The molecule has 1 aromatic heterocycles. The fourth-order valence-corrected chi connectivity index (χ4v) is 4.61.